The SMILES string of the molecule is CCOc1cccc(/C=C2\C(=O)NC(=O)N(c3cc(C(F)(F)F)ccc3Cl)C2=O)c1. The van der Waals surface area contributed by atoms with Gasteiger partial charge < -0.3 is 4.74 Å². The van der Waals surface area contributed by atoms with Gasteiger partial charge in [0.2, 0.25) is 0 Å². The fourth-order valence-electron chi connectivity index (χ4n) is 2.76. The highest BCUT2D eigenvalue weighted by atomic mass is 35.5. The number of ether oxygens (including phenoxy) is 1. The van der Waals surface area contributed by atoms with E-state index >= 15 is 0 Å². The lowest BCUT2D eigenvalue weighted by molar-refractivity contribution is -0.137. The average molecular weight is 439 g/mol. The molecule has 1 aliphatic rings. The predicted octanol–water partition coefficient (Wildman–Crippen LogP) is 4.42. The largest absolute Gasteiger partial charge is 0.494 e. The molecule has 1 N–H and O–H groups in total. The van der Waals surface area contributed by atoms with Crippen molar-refractivity contribution >= 4 is 41.2 Å². The van der Waals surface area contributed by atoms with E-state index in [1.807, 2.05) is 5.32 Å². The average Bonchev–Trinajstić information content (AvgIpc) is 2.66. The molecule has 0 unspecified atom stereocenters. The lowest BCUT2D eigenvalue weighted by Crippen LogP contribution is -2.54. The minimum absolute atomic E-state index is 0.265. The maximum Gasteiger partial charge on any atom is 0.416 e. The quantitative estimate of drug-likeness (QED) is 0.566. The van der Waals surface area contributed by atoms with Crippen LogP contribution in [0, 0.1) is 0 Å². The van der Waals surface area contributed by atoms with Gasteiger partial charge in [-0.15, -0.1) is 0 Å². The van der Waals surface area contributed by atoms with Gasteiger partial charge in [-0.1, -0.05) is 23.7 Å². The second kappa shape index (κ2) is 8.19. The van der Waals surface area contributed by atoms with Gasteiger partial charge >= 0.3 is 12.2 Å². The molecule has 1 fully saturated rings. The third-order valence-electron chi connectivity index (χ3n) is 4.10. The summed E-state index contributed by atoms with van der Waals surface area (Å²) in [5.74, 6) is -1.60. The highest BCUT2D eigenvalue weighted by molar-refractivity contribution is 6.42. The second-order valence-corrected chi connectivity index (χ2v) is 6.53. The molecule has 6 nitrogen and oxygen atoms in total. The number of hydrogen-bond acceptors (Lipinski definition) is 4. The van der Waals surface area contributed by atoms with Crippen LogP contribution in [0.3, 0.4) is 0 Å². The topological polar surface area (TPSA) is 75.7 Å². The Morgan fingerprint density at radius 1 is 1.13 bits per heavy atom. The van der Waals surface area contributed by atoms with E-state index < -0.39 is 40.8 Å². The maximum absolute atomic E-state index is 13.1. The number of halogens is 4. The van der Waals surface area contributed by atoms with Crippen molar-refractivity contribution in [1.82, 2.24) is 5.32 Å². The van der Waals surface area contributed by atoms with Crippen LogP contribution in [0.25, 0.3) is 6.08 Å². The molecule has 156 valence electrons. The number of barbiturate groups is 1. The molecule has 0 spiro atoms. The van der Waals surface area contributed by atoms with E-state index in [1.165, 1.54) is 6.08 Å². The van der Waals surface area contributed by atoms with Crippen molar-refractivity contribution < 1.29 is 32.3 Å². The minimum Gasteiger partial charge on any atom is -0.494 e. The summed E-state index contributed by atoms with van der Waals surface area (Å²) in [6.45, 7) is 2.18. The first-order chi connectivity index (χ1) is 14.1. The standard InChI is InChI=1S/C20H14ClF3N2O4/c1-2-30-13-5-3-4-11(8-13)9-14-17(27)25-19(29)26(18(14)28)16-10-12(20(22,23)24)6-7-15(16)21/h3-10H,2H2,1H3,(H,25,27,29)/b14-9+. The molecule has 0 saturated carbocycles. The molecule has 30 heavy (non-hydrogen) atoms. The van der Waals surface area contributed by atoms with E-state index in [0.29, 0.717) is 28.9 Å². The summed E-state index contributed by atoms with van der Waals surface area (Å²) in [7, 11) is 0. The van der Waals surface area contributed by atoms with Gasteiger partial charge in [0.15, 0.2) is 0 Å². The molecule has 0 aliphatic carbocycles. The zero-order valence-electron chi connectivity index (χ0n) is 15.4. The number of nitrogens with one attached hydrogen (secondary N) is 1. The molecule has 0 atom stereocenters. The van der Waals surface area contributed by atoms with Crippen LogP contribution in [0.1, 0.15) is 18.1 Å². The summed E-state index contributed by atoms with van der Waals surface area (Å²) in [5, 5.41) is 1.68. The molecule has 0 radical (unpaired) electrons. The van der Waals surface area contributed by atoms with Gasteiger partial charge in [0.05, 0.1) is 22.9 Å². The van der Waals surface area contributed by atoms with Crippen LogP contribution in [0.2, 0.25) is 5.02 Å². The van der Waals surface area contributed by atoms with Crippen molar-refractivity contribution in [2.24, 2.45) is 0 Å². The Bertz CT molecular complexity index is 1070. The van der Waals surface area contributed by atoms with Gasteiger partial charge in [0.1, 0.15) is 11.3 Å². The van der Waals surface area contributed by atoms with Crippen LogP contribution in [-0.2, 0) is 15.8 Å². The number of urea groups is 1. The highest BCUT2D eigenvalue weighted by Gasteiger charge is 2.39. The van der Waals surface area contributed by atoms with Gasteiger partial charge in [-0.3, -0.25) is 14.9 Å². The molecular weight excluding hydrogens is 425 g/mol. The Kier molecular flexibility index (Phi) is 5.84. The van der Waals surface area contributed by atoms with E-state index in [1.54, 1.807) is 31.2 Å². The molecule has 1 saturated heterocycles. The zero-order chi connectivity index (χ0) is 22.1. The monoisotopic (exact) mass is 438 g/mol. The third kappa shape index (κ3) is 4.30. The summed E-state index contributed by atoms with van der Waals surface area (Å²) in [6, 6.07) is 7.48. The Labute approximate surface area is 173 Å². The van der Waals surface area contributed by atoms with Gasteiger partial charge in [-0.2, -0.15) is 13.2 Å². The smallest absolute Gasteiger partial charge is 0.416 e. The number of amides is 4. The summed E-state index contributed by atoms with van der Waals surface area (Å²) in [6.07, 6.45) is -3.51. The van der Waals surface area contributed by atoms with Crippen molar-refractivity contribution in [2.45, 2.75) is 13.1 Å². The molecule has 3 rings (SSSR count). The molecule has 10 heteroatoms. The van der Waals surface area contributed by atoms with Crippen LogP contribution >= 0.6 is 11.6 Å². The fourth-order valence-corrected chi connectivity index (χ4v) is 2.97. The summed E-state index contributed by atoms with van der Waals surface area (Å²) in [4.78, 5) is 37.8. The number of carbonyl (C=O) groups excluding carboxylic acids is 3. The molecule has 2 aromatic carbocycles. The Morgan fingerprint density at radius 3 is 2.53 bits per heavy atom. The molecule has 1 aliphatic heterocycles. The van der Waals surface area contributed by atoms with Crippen molar-refractivity contribution in [3.63, 3.8) is 0 Å². The highest BCUT2D eigenvalue weighted by Crippen LogP contribution is 2.36. The van der Waals surface area contributed by atoms with Gasteiger partial charge in [0.25, 0.3) is 11.8 Å². The van der Waals surface area contributed by atoms with Crippen molar-refractivity contribution in [1.29, 1.82) is 0 Å². The van der Waals surface area contributed by atoms with E-state index in [2.05, 4.69) is 0 Å². The number of benzene rings is 2. The Morgan fingerprint density at radius 2 is 1.87 bits per heavy atom. The number of carbonyl (C=O) groups is 3. The third-order valence-corrected chi connectivity index (χ3v) is 4.42. The Balaban J connectivity index is 2.05. The number of hydrogen-bond donors (Lipinski definition) is 1. The number of rotatable bonds is 4. The molecule has 2 aromatic rings. The van der Waals surface area contributed by atoms with E-state index in [-0.39, 0.29) is 5.02 Å². The molecule has 4 amide bonds. The summed E-state index contributed by atoms with van der Waals surface area (Å²) in [5.41, 5.74) is -1.62. The predicted molar refractivity (Wildman–Crippen MR) is 103 cm³/mol. The van der Waals surface area contributed by atoms with Crippen LogP contribution in [0.15, 0.2) is 48.0 Å². The van der Waals surface area contributed by atoms with Crippen LogP contribution in [0.4, 0.5) is 23.7 Å². The van der Waals surface area contributed by atoms with Crippen LogP contribution < -0.4 is 15.0 Å². The van der Waals surface area contributed by atoms with Crippen LogP contribution in [0.5, 0.6) is 5.75 Å². The lowest BCUT2D eigenvalue weighted by atomic mass is 10.1. The molecule has 0 bridgehead atoms. The summed E-state index contributed by atoms with van der Waals surface area (Å²) < 4.78 is 44.5. The van der Waals surface area contributed by atoms with Gasteiger partial charge in [-0.25, -0.2) is 9.69 Å². The van der Waals surface area contributed by atoms with Crippen LogP contribution in [-0.4, -0.2) is 24.5 Å². The van der Waals surface area contributed by atoms with Gasteiger partial charge in [0, 0.05) is 0 Å². The van der Waals surface area contributed by atoms with Crippen molar-refractivity contribution in [3.8, 4) is 5.75 Å². The lowest BCUT2D eigenvalue weighted by Gasteiger charge is -2.27. The summed E-state index contributed by atoms with van der Waals surface area (Å²) >= 11 is 5.95. The zero-order valence-corrected chi connectivity index (χ0v) is 16.2. The first-order valence-electron chi connectivity index (χ1n) is 8.63. The van der Waals surface area contributed by atoms with Crippen molar-refractivity contribution in [3.05, 3.63) is 64.2 Å². The second-order valence-electron chi connectivity index (χ2n) is 6.13. The van der Waals surface area contributed by atoms with E-state index in [0.717, 1.165) is 12.1 Å². The van der Waals surface area contributed by atoms with Crippen molar-refractivity contribution in [2.75, 3.05) is 11.5 Å². The normalized spacial score (nSPS) is 16.1. The number of alkyl halides is 3. The number of nitrogens with zero attached hydrogens (tertiary/aromatic N) is 1. The maximum atomic E-state index is 13.1. The van der Waals surface area contributed by atoms with Gasteiger partial charge in [-0.05, 0) is 48.9 Å². The number of anilines is 1. The Hall–Kier alpha value is -3.33. The fraction of sp³-hybridized carbons (Fsp3) is 0.150. The molecular formula is C20H14ClF3N2O4. The minimum atomic E-state index is -4.72. The van der Waals surface area contributed by atoms with E-state index in [4.69, 9.17) is 16.3 Å². The number of imide groups is 2. The van der Waals surface area contributed by atoms with E-state index in [9.17, 15) is 27.6 Å². The molecule has 1 heterocycles. The molecule has 0 aromatic heterocycles. The first kappa shape index (κ1) is 21.4. The first-order valence-corrected chi connectivity index (χ1v) is 9.00.